The Morgan fingerprint density at radius 1 is 1.43 bits per heavy atom. The minimum atomic E-state index is -0.230. The maximum Gasteiger partial charge on any atom is 0.256 e. The van der Waals surface area contributed by atoms with E-state index in [9.17, 15) is 4.79 Å². The average Bonchev–Trinajstić information content (AvgIpc) is 2.53. The highest BCUT2D eigenvalue weighted by Crippen LogP contribution is 2.09. The monoisotopic (exact) mass is 215 g/mol. The molecule has 0 N–H and O–H groups in total. The van der Waals surface area contributed by atoms with Gasteiger partial charge in [-0.05, 0) is 20.3 Å². The fourth-order valence-corrected chi connectivity index (χ4v) is 2.62. The third kappa shape index (κ3) is 3.40. The van der Waals surface area contributed by atoms with E-state index in [0.717, 1.165) is 13.0 Å². The fourth-order valence-electron chi connectivity index (χ4n) is 1.34. The Kier molecular flexibility index (Phi) is 5.14. The maximum absolute atomic E-state index is 11.3. The van der Waals surface area contributed by atoms with Gasteiger partial charge in [-0.25, -0.2) is 0 Å². The molecule has 14 heavy (non-hydrogen) atoms. The molecule has 80 valence electrons. The van der Waals surface area contributed by atoms with E-state index in [0.29, 0.717) is 29.3 Å². The second-order valence-electron chi connectivity index (χ2n) is 3.02. The zero-order chi connectivity index (χ0) is 10.4. The highest BCUT2D eigenvalue weighted by atomic mass is 28.2. The number of carbonyl (C=O) groups is 1. The zero-order valence-electron chi connectivity index (χ0n) is 8.78. The summed E-state index contributed by atoms with van der Waals surface area (Å²) in [5.74, 6) is -0.000195. The van der Waals surface area contributed by atoms with Crippen LogP contribution in [-0.4, -0.2) is 45.8 Å². The van der Waals surface area contributed by atoms with Gasteiger partial charge in [-0.3, -0.25) is 4.79 Å². The lowest BCUT2D eigenvalue weighted by molar-refractivity contribution is -0.125. The van der Waals surface area contributed by atoms with Crippen molar-refractivity contribution in [1.82, 2.24) is 4.57 Å². The van der Waals surface area contributed by atoms with E-state index in [2.05, 4.69) is 0 Å². The number of ether oxygens (including phenoxy) is 2. The first kappa shape index (κ1) is 11.7. The normalized spacial score (nSPS) is 17.1. The van der Waals surface area contributed by atoms with Crippen LogP contribution in [0.3, 0.4) is 0 Å². The second-order valence-corrected chi connectivity index (χ2v) is 4.29. The maximum atomic E-state index is 11.3. The number of hydrogen-bond acceptors (Lipinski definition) is 3. The number of hydrogen-bond donors (Lipinski definition) is 0. The molecule has 0 atom stereocenters. The summed E-state index contributed by atoms with van der Waals surface area (Å²) in [7, 11) is 0.310. The van der Waals surface area contributed by atoms with Gasteiger partial charge < -0.3 is 14.0 Å². The van der Waals surface area contributed by atoms with Crippen LogP contribution in [0, 0.1) is 0 Å². The first-order valence-corrected chi connectivity index (χ1v) is 6.10. The predicted octanol–water partition coefficient (Wildman–Crippen LogP) is 0.585. The summed E-state index contributed by atoms with van der Waals surface area (Å²) in [6.07, 6.45) is 1.65. The van der Waals surface area contributed by atoms with Crippen LogP contribution in [0.2, 0.25) is 0 Å². The average molecular weight is 215 g/mol. The van der Waals surface area contributed by atoms with Gasteiger partial charge in [-0.1, -0.05) is 0 Å². The molecule has 1 rings (SSSR count). The predicted molar refractivity (Wildman–Crippen MR) is 53.7 cm³/mol. The van der Waals surface area contributed by atoms with Crippen LogP contribution in [0.5, 0.6) is 0 Å². The SMILES string of the molecule is CCOC(OCC)[Si]N1CCCC1=O. The van der Waals surface area contributed by atoms with E-state index in [1.807, 2.05) is 18.4 Å². The third-order valence-corrected chi connectivity index (χ3v) is 3.30. The van der Waals surface area contributed by atoms with Crippen molar-refractivity contribution in [3.63, 3.8) is 0 Å². The topological polar surface area (TPSA) is 38.8 Å². The summed E-state index contributed by atoms with van der Waals surface area (Å²) in [4.78, 5) is 11.3. The highest BCUT2D eigenvalue weighted by molar-refractivity contribution is 6.38. The van der Waals surface area contributed by atoms with Crippen molar-refractivity contribution in [2.75, 3.05) is 19.8 Å². The zero-order valence-corrected chi connectivity index (χ0v) is 9.78. The van der Waals surface area contributed by atoms with Crippen LogP contribution in [-0.2, 0) is 14.3 Å². The molecule has 4 nitrogen and oxygen atoms in total. The van der Waals surface area contributed by atoms with E-state index in [4.69, 9.17) is 9.47 Å². The van der Waals surface area contributed by atoms with Crippen molar-refractivity contribution in [3.05, 3.63) is 0 Å². The quantitative estimate of drug-likeness (QED) is 0.481. The van der Waals surface area contributed by atoms with Crippen LogP contribution in [0.1, 0.15) is 26.7 Å². The lowest BCUT2D eigenvalue weighted by Gasteiger charge is -2.21. The summed E-state index contributed by atoms with van der Waals surface area (Å²) in [5, 5.41) is 0. The van der Waals surface area contributed by atoms with Crippen LogP contribution in [0.15, 0.2) is 0 Å². The molecular weight excluding hydrogens is 198 g/mol. The standard InChI is InChI=1S/C9H17NO3Si/c1-3-12-9(13-4-2)14-10-7-5-6-8(10)11/h9H,3-7H2,1-2H3. The van der Waals surface area contributed by atoms with Gasteiger partial charge in [0.05, 0.1) is 0 Å². The number of carbonyl (C=O) groups excluding carboxylic acids is 1. The molecular formula is C9H17NO3Si. The van der Waals surface area contributed by atoms with Gasteiger partial charge in [0.25, 0.3) is 9.68 Å². The molecule has 5 heteroatoms. The van der Waals surface area contributed by atoms with Crippen molar-refractivity contribution in [1.29, 1.82) is 0 Å². The number of amides is 1. The van der Waals surface area contributed by atoms with Crippen molar-refractivity contribution in [2.24, 2.45) is 0 Å². The smallest absolute Gasteiger partial charge is 0.256 e. The van der Waals surface area contributed by atoms with Gasteiger partial charge in [0.15, 0.2) is 5.91 Å². The lowest BCUT2D eigenvalue weighted by atomic mass is 10.4. The van der Waals surface area contributed by atoms with Crippen molar-refractivity contribution >= 4 is 15.6 Å². The molecule has 1 amide bonds. The molecule has 2 radical (unpaired) electrons. The number of nitrogens with zero attached hydrogens (tertiary/aromatic N) is 1. The van der Waals surface area contributed by atoms with Gasteiger partial charge >= 0.3 is 0 Å². The van der Waals surface area contributed by atoms with Gasteiger partial charge in [0.2, 0.25) is 5.91 Å². The summed E-state index contributed by atoms with van der Waals surface area (Å²) < 4.78 is 12.6. The Bertz CT molecular complexity index is 183. The molecule has 0 saturated carbocycles. The van der Waals surface area contributed by atoms with Gasteiger partial charge in [0, 0.05) is 26.2 Å². The highest BCUT2D eigenvalue weighted by Gasteiger charge is 2.25. The Balaban J connectivity index is 2.33. The molecule has 0 aromatic heterocycles. The molecule has 0 aliphatic carbocycles. The Labute approximate surface area is 87.5 Å². The molecule has 1 aliphatic heterocycles. The third-order valence-electron chi connectivity index (χ3n) is 1.97. The number of rotatable bonds is 6. The summed E-state index contributed by atoms with van der Waals surface area (Å²) in [6.45, 7) is 5.97. The molecule has 0 bridgehead atoms. The van der Waals surface area contributed by atoms with E-state index in [-0.39, 0.29) is 11.8 Å². The first-order valence-electron chi connectivity index (χ1n) is 5.07. The lowest BCUT2D eigenvalue weighted by Crippen LogP contribution is -2.39. The van der Waals surface area contributed by atoms with E-state index in [1.54, 1.807) is 0 Å². The van der Waals surface area contributed by atoms with Gasteiger partial charge in [-0.15, -0.1) is 0 Å². The largest absolute Gasteiger partial charge is 0.365 e. The Morgan fingerprint density at radius 2 is 2.07 bits per heavy atom. The summed E-state index contributed by atoms with van der Waals surface area (Å²) in [5.41, 5.74) is 0. The van der Waals surface area contributed by atoms with E-state index >= 15 is 0 Å². The summed E-state index contributed by atoms with van der Waals surface area (Å²) >= 11 is 0. The first-order chi connectivity index (χ1) is 6.77. The molecule has 0 spiro atoms. The van der Waals surface area contributed by atoms with Crippen LogP contribution < -0.4 is 0 Å². The van der Waals surface area contributed by atoms with E-state index in [1.165, 1.54) is 0 Å². The molecule has 1 heterocycles. The van der Waals surface area contributed by atoms with Crippen LogP contribution in [0.4, 0.5) is 0 Å². The molecule has 0 aromatic rings. The molecule has 0 aromatic carbocycles. The Hall–Kier alpha value is -0.393. The van der Waals surface area contributed by atoms with Gasteiger partial charge in [0.1, 0.15) is 0 Å². The summed E-state index contributed by atoms with van der Waals surface area (Å²) in [6, 6.07) is 0. The van der Waals surface area contributed by atoms with Gasteiger partial charge in [-0.2, -0.15) is 0 Å². The van der Waals surface area contributed by atoms with Crippen molar-refractivity contribution in [2.45, 2.75) is 32.6 Å². The molecule has 0 unspecified atom stereocenters. The molecule has 1 saturated heterocycles. The van der Waals surface area contributed by atoms with Crippen molar-refractivity contribution in [3.8, 4) is 0 Å². The van der Waals surface area contributed by atoms with Crippen molar-refractivity contribution < 1.29 is 14.3 Å². The molecule has 1 fully saturated rings. The van der Waals surface area contributed by atoms with Crippen LogP contribution in [0.25, 0.3) is 0 Å². The minimum absolute atomic E-state index is 0.229. The Morgan fingerprint density at radius 3 is 2.50 bits per heavy atom. The van der Waals surface area contributed by atoms with Crippen LogP contribution >= 0.6 is 0 Å². The fraction of sp³-hybridized carbons (Fsp3) is 0.889. The molecule has 1 aliphatic rings. The second kappa shape index (κ2) is 6.16. The minimum Gasteiger partial charge on any atom is -0.365 e. The van der Waals surface area contributed by atoms with E-state index < -0.39 is 0 Å².